The largest absolute Gasteiger partial charge is 0.508 e. The van der Waals surface area contributed by atoms with E-state index in [1.165, 1.54) is 0 Å². The number of hydrogen-bond acceptors (Lipinski definition) is 8. The van der Waals surface area contributed by atoms with Crippen LogP contribution in [0.25, 0.3) is 0 Å². The molecule has 0 bridgehead atoms. The van der Waals surface area contributed by atoms with Gasteiger partial charge in [-0.1, -0.05) is 0 Å². The Balaban J connectivity index is 1.41. The minimum absolute atomic E-state index is 0.187. The highest BCUT2D eigenvalue weighted by molar-refractivity contribution is 5.82. The van der Waals surface area contributed by atoms with E-state index in [1.807, 2.05) is 34.6 Å². The topological polar surface area (TPSA) is 196 Å². The maximum atomic E-state index is 12.7. The summed E-state index contributed by atoms with van der Waals surface area (Å²) in [6, 6.07) is 5.19. The molecule has 11 nitrogen and oxygen atoms in total. The van der Waals surface area contributed by atoms with Crippen molar-refractivity contribution in [2.45, 2.75) is 85.2 Å². The van der Waals surface area contributed by atoms with Crippen LogP contribution in [0.1, 0.15) is 63.3 Å². The normalized spacial score (nSPS) is 12.5. The second kappa shape index (κ2) is 15.5. The van der Waals surface area contributed by atoms with Crippen LogP contribution in [-0.4, -0.2) is 57.2 Å². The lowest BCUT2D eigenvalue weighted by Crippen LogP contribution is -2.42. The smallest absolute Gasteiger partial charge is 0.269 e. The molecule has 2 amide bonds. The zero-order valence-corrected chi connectivity index (χ0v) is 26.3. The van der Waals surface area contributed by atoms with Gasteiger partial charge in [-0.3, -0.25) is 19.4 Å². The first-order valence-electron chi connectivity index (χ1n) is 15.0. The van der Waals surface area contributed by atoms with Crippen LogP contribution in [0.3, 0.4) is 0 Å². The molecule has 2 aromatic carbocycles. The number of nitrogens with zero attached hydrogens (tertiary/aromatic N) is 1. The number of amides is 2. The van der Waals surface area contributed by atoms with Gasteiger partial charge in [-0.15, -0.1) is 0 Å². The van der Waals surface area contributed by atoms with Crippen molar-refractivity contribution in [3.05, 3.63) is 85.1 Å². The highest BCUT2D eigenvalue weighted by Crippen LogP contribution is 2.23. The van der Waals surface area contributed by atoms with Gasteiger partial charge in [0.2, 0.25) is 11.8 Å². The van der Waals surface area contributed by atoms with Gasteiger partial charge in [-0.25, -0.2) is 0 Å². The maximum absolute atomic E-state index is 12.7. The zero-order valence-electron chi connectivity index (χ0n) is 26.3. The van der Waals surface area contributed by atoms with E-state index in [1.54, 1.807) is 24.3 Å². The second-order valence-corrected chi connectivity index (χ2v) is 11.6. The van der Waals surface area contributed by atoms with E-state index in [0.717, 1.165) is 33.4 Å². The molecular weight excluding hydrogens is 560 g/mol. The molecule has 1 aromatic heterocycles. The Labute approximate surface area is 258 Å². The molecule has 11 heteroatoms. The summed E-state index contributed by atoms with van der Waals surface area (Å²) in [6.45, 7) is 10.1. The van der Waals surface area contributed by atoms with Crippen molar-refractivity contribution in [1.29, 1.82) is 0 Å². The molecule has 1 heterocycles. The molecule has 238 valence electrons. The molecule has 44 heavy (non-hydrogen) atoms. The van der Waals surface area contributed by atoms with Gasteiger partial charge < -0.3 is 37.3 Å². The summed E-state index contributed by atoms with van der Waals surface area (Å²) in [5.41, 5.74) is 19.3. The van der Waals surface area contributed by atoms with Gasteiger partial charge >= 0.3 is 0 Å². The monoisotopic (exact) mass is 606 g/mol. The lowest BCUT2D eigenvalue weighted by molar-refractivity contribution is -0.123. The number of carbonyl (C=O) groups is 2. The molecule has 3 aromatic rings. The van der Waals surface area contributed by atoms with Crippen LogP contribution in [0.2, 0.25) is 0 Å². The molecule has 2 atom stereocenters. The van der Waals surface area contributed by atoms with Crippen molar-refractivity contribution in [2.75, 3.05) is 13.1 Å². The highest BCUT2D eigenvalue weighted by atomic mass is 16.3. The first-order valence-corrected chi connectivity index (χ1v) is 15.0. The number of phenolic OH excluding ortho intramolecular Hbond substituents is 2. The fraction of sp³-hybridized carbons (Fsp3) is 0.455. The molecule has 0 aliphatic heterocycles. The third kappa shape index (κ3) is 9.39. The number of rotatable bonds is 14. The van der Waals surface area contributed by atoms with Crippen LogP contribution in [0.5, 0.6) is 11.5 Å². The molecule has 0 unspecified atom stereocenters. The Morgan fingerprint density at radius 1 is 0.773 bits per heavy atom. The van der Waals surface area contributed by atoms with Gasteiger partial charge in [0.1, 0.15) is 17.2 Å². The van der Waals surface area contributed by atoms with Crippen LogP contribution >= 0.6 is 0 Å². The first-order chi connectivity index (χ1) is 20.8. The Morgan fingerprint density at radius 3 is 1.61 bits per heavy atom. The third-order valence-corrected chi connectivity index (χ3v) is 7.94. The predicted octanol–water partition coefficient (Wildman–Crippen LogP) is 1.96. The SMILES string of the molecule is Cc1cc(O)cc(C)c1C[C@H](N)C(=O)NCCCc1[nH]c(=O)c(CCCNC(=O)[C@@H](N)Cc2c(C)cc(O)cc2C)nc1C. The van der Waals surface area contributed by atoms with Gasteiger partial charge in [-0.2, -0.15) is 0 Å². The van der Waals surface area contributed by atoms with E-state index in [-0.39, 0.29) is 28.9 Å². The molecule has 0 aliphatic rings. The number of aryl methyl sites for hydroxylation is 7. The van der Waals surface area contributed by atoms with Crippen molar-refractivity contribution in [2.24, 2.45) is 11.5 Å². The number of aromatic nitrogens is 2. The van der Waals surface area contributed by atoms with Gasteiger partial charge in [0.15, 0.2) is 0 Å². The number of H-pyrrole nitrogens is 1. The van der Waals surface area contributed by atoms with E-state index in [4.69, 9.17) is 11.5 Å². The lowest BCUT2D eigenvalue weighted by Gasteiger charge is -2.16. The van der Waals surface area contributed by atoms with Crippen LogP contribution in [0.4, 0.5) is 0 Å². The van der Waals surface area contributed by atoms with E-state index in [2.05, 4.69) is 20.6 Å². The van der Waals surface area contributed by atoms with Crippen LogP contribution in [0.15, 0.2) is 29.1 Å². The Morgan fingerprint density at radius 2 is 1.18 bits per heavy atom. The number of benzene rings is 2. The summed E-state index contributed by atoms with van der Waals surface area (Å²) in [5, 5.41) is 25.2. The molecule has 0 fully saturated rings. The van der Waals surface area contributed by atoms with Gasteiger partial charge in [-0.05, 0) is 131 Å². The van der Waals surface area contributed by atoms with Gasteiger partial charge in [0, 0.05) is 18.8 Å². The number of nitrogens with two attached hydrogens (primary N) is 2. The molecule has 0 radical (unpaired) electrons. The number of aromatic hydroxyl groups is 2. The standard InChI is InChI=1S/C33H46N6O5/c1-18-12-23(40)13-19(2)25(18)16-27(34)31(42)36-10-6-8-29-22(5)38-30(33(44)39-29)9-7-11-37-32(43)28(35)17-26-20(3)14-24(41)15-21(26)4/h12-15,27-28,40-41H,6-11,16-17,34-35H2,1-5H3,(H,36,42)(H,37,43)(H,39,44)/t27-,28-/m0/s1. The zero-order chi connectivity index (χ0) is 32.6. The van der Waals surface area contributed by atoms with Crippen molar-refractivity contribution in [3.8, 4) is 11.5 Å². The molecule has 9 N–H and O–H groups in total. The third-order valence-electron chi connectivity index (χ3n) is 7.94. The van der Waals surface area contributed by atoms with Gasteiger partial charge in [0.25, 0.3) is 5.56 Å². The highest BCUT2D eigenvalue weighted by Gasteiger charge is 2.18. The fourth-order valence-corrected chi connectivity index (χ4v) is 5.45. The Bertz CT molecular complexity index is 1500. The van der Waals surface area contributed by atoms with Gasteiger partial charge in [0.05, 0.1) is 17.8 Å². The summed E-state index contributed by atoms with van der Waals surface area (Å²) in [6.07, 6.45) is 2.80. The van der Waals surface area contributed by atoms with Crippen LogP contribution in [-0.2, 0) is 35.3 Å². The Kier molecular flexibility index (Phi) is 12.1. The maximum Gasteiger partial charge on any atom is 0.269 e. The average molecular weight is 607 g/mol. The van der Waals surface area contributed by atoms with Crippen molar-refractivity contribution in [1.82, 2.24) is 20.6 Å². The summed E-state index contributed by atoms with van der Waals surface area (Å²) in [7, 11) is 0. The number of aromatic amines is 1. The molecule has 0 saturated heterocycles. The van der Waals surface area contributed by atoms with Crippen molar-refractivity contribution in [3.63, 3.8) is 0 Å². The number of nitrogens with one attached hydrogen (secondary N) is 3. The summed E-state index contributed by atoms with van der Waals surface area (Å²) in [4.78, 5) is 45.1. The minimum atomic E-state index is -0.729. The molecule has 0 aliphatic carbocycles. The minimum Gasteiger partial charge on any atom is -0.508 e. The average Bonchev–Trinajstić information content (AvgIpc) is 2.94. The fourth-order valence-electron chi connectivity index (χ4n) is 5.45. The molecule has 3 rings (SSSR count). The van der Waals surface area contributed by atoms with Crippen molar-refractivity contribution >= 4 is 11.8 Å². The predicted molar refractivity (Wildman–Crippen MR) is 171 cm³/mol. The summed E-state index contributed by atoms with van der Waals surface area (Å²) in [5.74, 6) is -0.152. The van der Waals surface area contributed by atoms with E-state index in [9.17, 15) is 24.6 Å². The summed E-state index contributed by atoms with van der Waals surface area (Å²) >= 11 is 0. The summed E-state index contributed by atoms with van der Waals surface area (Å²) < 4.78 is 0. The number of phenols is 2. The Hall–Kier alpha value is -4.22. The van der Waals surface area contributed by atoms with Crippen LogP contribution in [0, 0.1) is 34.6 Å². The lowest BCUT2D eigenvalue weighted by atomic mass is 9.96. The van der Waals surface area contributed by atoms with Crippen molar-refractivity contribution < 1.29 is 19.8 Å². The molecule has 0 spiro atoms. The number of carbonyl (C=O) groups excluding carboxylic acids is 2. The second-order valence-electron chi connectivity index (χ2n) is 11.6. The van der Waals surface area contributed by atoms with E-state index < -0.39 is 12.1 Å². The van der Waals surface area contributed by atoms with Crippen LogP contribution < -0.4 is 27.7 Å². The number of hydrogen-bond donors (Lipinski definition) is 7. The quantitative estimate of drug-likeness (QED) is 0.135. The first kappa shape index (κ1) is 34.3. The van der Waals surface area contributed by atoms with E-state index in [0.29, 0.717) is 68.7 Å². The molecular formula is C33H46N6O5. The van der Waals surface area contributed by atoms with E-state index >= 15 is 0 Å². The molecule has 0 saturated carbocycles.